The first-order valence-corrected chi connectivity index (χ1v) is 6.97. The molecule has 1 saturated heterocycles. The summed E-state index contributed by atoms with van der Waals surface area (Å²) >= 11 is 0. The third-order valence-corrected chi connectivity index (χ3v) is 3.71. The number of benzene rings is 1. The van der Waals surface area contributed by atoms with Gasteiger partial charge in [-0.05, 0) is 30.5 Å². The van der Waals surface area contributed by atoms with Crippen molar-refractivity contribution >= 4 is 5.91 Å². The van der Waals surface area contributed by atoms with Gasteiger partial charge in [0.05, 0.1) is 12.1 Å². The number of likely N-dealkylation sites (tertiary alicyclic amines) is 1. The molecule has 1 amide bonds. The molecule has 2 rings (SSSR count). The second-order valence-electron chi connectivity index (χ2n) is 5.45. The number of halogens is 1. The number of aliphatic hydroxyl groups is 1. The Morgan fingerprint density at radius 1 is 1.40 bits per heavy atom. The van der Waals surface area contributed by atoms with Crippen LogP contribution in [-0.2, 0) is 11.2 Å². The Labute approximate surface area is 118 Å². The molecule has 0 saturated carbocycles. The van der Waals surface area contributed by atoms with E-state index in [0.717, 1.165) is 12.0 Å². The van der Waals surface area contributed by atoms with Crippen molar-refractivity contribution in [1.29, 1.82) is 0 Å². The fraction of sp³-hybridized carbons (Fsp3) is 0.533. The molecule has 1 aromatic rings. The molecule has 0 bridgehead atoms. The summed E-state index contributed by atoms with van der Waals surface area (Å²) in [5, 5.41) is 12.7. The van der Waals surface area contributed by atoms with Crippen LogP contribution in [0.15, 0.2) is 24.3 Å². The summed E-state index contributed by atoms with van der Waals surface area (Å²) in [7, 11) is 0. The summed E-state index contributed by atoms with van der Waals surface area (Å²) in [6, 6.07) is 6.28. The predicted octanol–water partition coefficient (Wildman–Crippen LogP) is 0.941. The van der Waals surface area contributed by atoms with Crippen molar-refractivity contribution in [3.05, 3.63) is 35.6 Å². The van der Waals surface area contributed by atoms with Gasteiger partial charge >= 0.3 is 0 Å². The minimum Gasteiger partial charge on any atom is -0.387 e. The van der Waals surface area contributed by atoms with Gasteiger partial charge in [-0.3, -0.25) is 9.69 Å². The van der Waals surface area contributed by atoms with Gasteiger partial charge in [0.25, 0.3) is 0 Å². The van der Waals surface area contributed by atoms with Crippen molar-refractivity contribution in [1.82, 2.24) is 10.2 Å². The van der Waals surface area contributed by atoms with Gasteiger partial charge in [-0.2, -0.15) is 0 Å². The average Bonchev–Trinajstić information content (AvgIpc) is 2.39. The number of rotatable bonds is 6. The molecule has 1 fully saturated rings. The number of nitrogens with one attached hydrogen (secondary N) is 1. The van der Waals surface area contributed by atoms with Gasteiger partial charge in [0.1, 0.15) is 5.82 Å². The van der Waals surface area contributed by atoms with Crippen LogP contribution in [0.2, 0.25) is 0 Å². The van der Waals surface area contributed by atoms with Crippen LogP contribution < -0.4 is 5.32 Å². The zero-order valence-corrected chi connectivity index (χ0v) is 11.7. The van der Waals surface area contributed by atoms with Gasteiger partial charge < -0.3 is 10.4 Å². The first-order chi connectivity index (χ1) is 9.50. The van der Waals surface area contributed by atoms with Crippen molar-refractivity contribution in [2.75, 3.05) is 26.2 Å². The highest BCUT2D eigenvalue weighted by Crippen LogP contribution is 2.23. The van der Waals surface area contributed by atoms with Crippen molar-refractivity contribution in [3.8, 4) is 0 Å². The zero-order valence-electron chi connectivity index (χ0n) is 11.7. The van der Waals surface area contributed by atoms with E-state index in [1.165, 1.54) is 12.1 Å². The normalized spacial score (nSPS) is 17.6. The monoisotopic (exact) mass is 280 g/mol. The molecule has 1 heterocycles. The Morgan fingerprint density at radius 3 is 2.65 bits per heavy atom. The van der Waals surface area contributed by atoms with Crippen LogP contribution in [0, 0.1) is 5.82 Å². The summed E-state index contributed by atoms with van der Waals surface area (Å²) in [6.45, 7) is 3.94. The average molecular weight is 280 g/mol. The van der Waals surface area contributed by atoms with Gasteiger partial charge in [-0.25, -0.2) is 4.39 Å². The van der Waals surface area contributed by atoms with Crippen LogP contribution in [0.5, 0.6) is 0 Å². The Hall–Kier alpha value is -1.46. The van der Waals surface area contributed by atoms with E-state index >= 15 is 0 Å². The highest BCUT2D eigenvalue weighted by Gasteiger charge is 2.39. The summed E-state index contributed by atoms with van der Waals surface area (Å²) in [4.78, 5) is 13.6. The first-order valence-electron chi connectivity index (χ1n) is 6.97. The highest BCUT2D eigenvalue weighted by atomic mass is 19.1. The fourth-order valence-corrected chi connectivity index (χ4v) is 2.38. The number of hydrogen-bond donors (Lipinski definition) is 2. The minimum absolute atomic E-state index is 0.0368. The molecule has 1 aliphatic rings. The van der Waals surface area contributed by atoms with E-state index < -0.39 is 5.60 Å². The summed E-state index contributed by atoms with van der Waals surface area (Å²) < 4.78 is 12.7. The first kappa shape index (κ1) is 14.9. The lowest BCUT2D eigenvalue weighted by Crippen LogP contribution is -2.63. The van der Waals surface area contributed by atoms with E-state index in [4.69, 9.17) is 0 Å². The van der Waals surface area contributed by atoms with E-state index in [0.29, 0.717) is 32.6 Å². The Morgan fingerprint density at radius 2 is 2.05 bits per heavy atom. The van der Waals surface area contributed by atoms with Crippen LogP contribution in [0.3, 0.4) is 0 Å². The lowest BCUT2D eigenvalue weighted by Gasteiger charge is -2.45. The van der Waals surface area contributed by atoms with E-state index in [-0.39, 0.29) is 11.7 Å². The summed E-state index contributed by atoms with van der Waals surface area (Å²) in [5.74, 6) is -0.288. The fourth-order valence-electron chi connectivity index (χ4n) is 2.38. The molecule has 1 aliphatic heterocycles. The summed E-state index contributed by atoms with van der Waals surface area (Å²) in [6.07, 6.45) is 1.40. The largest absolute Gasteiger partial charge is 0.387 e. The van der Waals surface area contributed by atoms with Crippen LogP contribution in [0.25, 0.3) is 0 Å². The standard InChI is InChI=1S/C15H21FN2O2/c1-2-15(20)10-18(11-15)9-14(19)17-8-7-12-3-5-13(16)6-4-12/h3-6,20H,2,7-11H2,1H3,(H,17,19). The van der Waals surface area contributed by atoms with Crippen molar-refractivity contribution in [3.63, 3.8) is 0 Å². The van der Waals surface area contributed by atoms with Crippen LogP contribution >= 0.6 is 0 Å². The molecular formula is C15H21FN2O2. The third-order valence-electron chi connectivity index (χ3n) is 3.71. The lowest BCUT2D eigenvalue weighted by atomic mass is 9.91. The maximum atomic E-state index is 12.7. The molecule has 0 spiro atoms. The van der Waals surface area contributed by atoms with E-state index in [1.54, 1.807) is 12.1 Å². The molecule has 0 aliphatic carbocycles. The maximum Gasteiger partial charge on any atom is 0.234 e. The molecule has 0 radical (unpaired) electrons. The number of nitrogens with zero attached hydrogens (tertiary/aromatic N) is 1. The quantitative estimate of drug-likeness (QED) is 0.815. The molecule has 4 nitrogen and oxygen atoms in total. The van der Waals surface area contributed by atoms with Gasteiger partial charge in [0.15, 0.2) is 0 Å². The van der Waals surface area contributed by atoms with Crippen LogP contribution in [0.4, 0.5) is 4.39 Å². The van der Waals surface area contributed by atoms with E-state index in [1.807, 2.05) is 11.8 Å². The Kier molecular flexibility index (Phi) is 4.73. The predicted molar refractivity (Wildman–Crippen MR) is 74.8 cm³/mol. The van der Waals surface area contributed by atoms with Crippen molar-refractivity contribution in [2.24, 2.45) is 0 Å². The second-order valence-corrected chi connectivity index (χ2v) is 5.45. The topological polar surface area (TPSA) is 52.6 Å². The molecule has 0 aromatic heterocycles. The number of β-amino-alcohol motifs (C(OH)–C–C–N with tert-alkyl or cyclic N) is 1. The van der Waals surface area contributed by atoms with Crippen molar-refractivity contribution < 1.29 is 14.3 Å². The van der Waals surface area contributed by atoms with Gasteiger partial charge in [0.2, 0.25) is 5.91 Å². The number of carbonyl (C=O) groups is 1. The zero-order chi connectivity index (χ0) is 14.6. The van der Waals surface area contributed by atoms with E-state index in [2.05, 4.69) is 5.32 Å². The van der Waals surface area contributed by atoms with Crippen LogP contribution in [0.1, 0.15) is 18.9 Å². The molecule has 110 valence electrons. The van der Waals surface area contributed by atoms with E-state index in [9.17, 15) is 14.3 Å². The second kappa shape index (κ2) is 6.33. The van der Waals surface area contributed by atoms with Crippen molar-refractivity contribution in [2.45, 2.75) is 25.4 Å². The molecule has 1 aromatic carbocycles. The molecule has 20 heavy (non-hydrogen) atoms. The Balaban J connectivity index is 1.63. The number of amides is 1. The van der Waals surface area contributed by atoms with Gasteiger partial charge in [0, 0.05) is 19.6 Å². The third kappa shape index (κ3) is 4.02. The summed E-state index contributed by atoms with van der Waals surface area (Å²) in [5.41, 5.74) is 0.394. The minimum atomic E-state index is -0.603. The SMILES string of the molecule is CCC1(O)CN(CC(=O)NCCc2ccc(F)cc2)C1. The highest BCUT2D eigenvalue weighted by molar-refractivity contribution is 5.78. The molecule has 0 unspecified atom stereocenters. The lowest BCUT2D eigenvalue weighted by molar-refractivity contribution is -0.132. The van der Waals surface area contributed by atoms with Crippen LogP contribution in [-0.4, -0.2) is 47.7 Å². The van der Waals surface area contributed by atoms with Gasteiger partial charge in [-0.15, -0.1) is 0 Å². The maximum absolute atomic E-state index is 12.7. The number of carbonyl (C=O) groups excluding carboxylic acids is 1. The molecular weight excluding hydrogens is 259 g/mol. The Bertz CT molecular complexity index is 455. The smallest absolute Gasteiger partial charge is 0.234 e. The number of hydrogen-bond acceptors (Lipinski definition) is 3. The molecule has 5 heteroatoms. The van der Waals surface area contributed by atoms with Gasteiger partial charge in [-0.1, -0.05) is 19.1 Å². The molecule has 0 atom stereocenters. The molecule has 2 N–H and O–H groups in total.